The molecule has 0 bridgehead atoms. The molecule has 1 N–H and O–H groups in total. The first-order valence-electron chi connectivity index (χ1n) is 12.3. The number of nitrogens with one attached hydrogen (secondary N) is 1. The Balaban J connectivity index is 1.48. The smallest absolute Gasteiger partial charge is 0.262 e. The molecule has 1 aliphatic heterocycles. The van der Waals surface area contributed by atoms with Crippen LogP contribution < -0.4 is 10.1 Å². The molecule has 3 aliphatic rings. The molecule has 0 atom stereocenters. The Hall–Kier alpha value is -3.67. The van der Waals surface area contributed by atoms with Gasteiger partial charge in [0, 0.05) is 59.6 Å². The lowest BCUT2D eigenvalue weighted by Gasteiger charge is -2.42. The molecule has 2 aliphatic carbocycles. The van der Waals surface area contributed by atoms with Crippen molar-refractivity contribution in [2.24, 2.45) is 0 Å². The van der Waals surface area contributed by atoms with Gasteiger partial charge in [0.15, 0.2) is 18.2 Å². The van der Waals surface area contributed by atoms with Gasteiger partial charge in [-0.15, -0.1) is 0 Å². The van der Waals surface area contributed by atoms with Gasteiger partial charge in [-0.2, -0.15) is 0 Å². The summed E-state index contributed by atoms with van der Waals surface area (Å²) in [6, 6.07) is 15.1. The summed E-state index contributed by atoms with van der Waals surface area (Å²) in [4.78, 5) is 41.2. The molecule has 0 saturated heterocycles. The van der Waals surface area contributed by atoms with Gasteiger partial charge in [-0.05, 0) is 56.4 Å². The highest BCUT2D eigenvalue weighted by Crippen LogP contribution is 2.50. The number of ether oxygens (including phenoxy) is 1. The molecule has 1 amide bonds. The summed E-state index contributed by atoms with van der Waals surface area (Å²) in [5.74, 6) is 0.000774. The third-order valence-corrected chi connectivity index (χ3v) is 7.14. The molecule has 6 nitrogen and oxygen atoms in total. The zero-order chi connectivity index (χ0) is 24.5. The van der Waals surface area contributed by atoms with E-state index in [1.165, 1.54) is 0 Å². The van der Waals surface area contributed by atoms with Gasteiger partial charge >= 0.3 is 0 Å². The molecule has 180 valence electrons. The van der Waals surface area contributed by atoms with Crippen LogP contribution in [0, 0.1) is 6.92 Å². The fraction of sp³-hybridized carbons (Fsp3) is 0.345. The number of aryl methyl sites for hydroxylation is 1. The zero-order valence-corrected chi connectivity index (χ0v) is 20.2. The Kier molecular flexibility index (Phi) is 6.29. The molecule has 0 unspecified atom stereocenters. The zero-order valence-electron chi connectivity index (χ0n) is 20.2. The van der Waals surface area contributed by atoms with Crippen LogP contribution in [-0.4, -0.2) is 36.0 Å². The number of ketones is 2. The standard InChI is InChI=1S/C29H30N2O4/c1-18-8-5-9-19(16-18)30-26(34)17-35-25-15-4-3-10-20(25)27-28-21(11-6-13-23(28)32)31(2)22-12-7-14-24(33)29(22)27/h3-5,8-10,15-16,27H,6-7,11-14,17H2,1-2H3,(H,30,34). The van der Waals surface area contributed by atoms with E-state index >= 15 is 0 Å². The maximum Gasteiger partial charge on any atom is 0.262 e. The highest BCUT2D eigenvalue weighted by atomic mass is 16.5. The van der Waals surface area contributed by atoms with Crippen LogP contribution in [0.3, 0.4) is 0 Å². The molecule has 0 radical (unpaired) electrons. The summed E-state index contributed by atoms with van der Waals surface area (Å²) in [6.45, 7) is 1.80. The van der Waals surface area contributed by atoms with Gasteiger partial charge in [0.1, 0.15) is 5.75 Å². The van der Waals surface area contributed by atoms with E-state index in [4.69, 9.17) is 4.74 Å². The van der Waals surface area contributed by atoms with Gasteiger partial charge in [-0.25, -0.2) is 0 Å². The fourth-order valence-electron chi connectivity index (χ4n) is 5.58. The number of amides is 1. The average Bonchev–Trinajstić information content (AvgIpc) is 2.84. The molecule has 6 heteroatoms. The van der Waals surface area contributed by atoms with Crippen molar-refractivity contribution in [3.63, 3.8) is 0 Å². The topological polar surface area (TPSA) is 75.7 Å². The summed E-state index contributed by atoms with van der Waals surface area (Å²) in [5, 5.41) is 2.86. The number of hydrogen-bond acceptors (Lipinski definition) is 5. The van der Waals surface area contributed by atoms with Crippen LogP contribution in [0.5, 0.6) is 5.75 Å². The van der Waals surface area contributed by atoms with Crippen molar-refractivity contribution in [3.05, 3.63) is 82.2 Å². The third-order valence-electron chi connectivity index (χ3n) is 7.14. The van der Waals surface area contributed by atoms with Crippen molar-refractivity contribution >= 4 is 23.2 Å². The molecule has 2 aromatic carbocycles. The highest BCUT2D eigenvalue weighted by molar-refractivity contribution is 6.06. The molecule has 1 heterocycles. The van der Waals surface area contributed by atoms with E-state index in [1.807, 2.05) is 62.5 Å². The normalized spacial score (nSPS) is 18.4. The van der Waals surface area contributed by atoms with Crippen LogP contribution in [0.2, 0.25) is 0 Å². The molecule has 0 aromatic heterocycles. The summed E-state index contributed by atoms with van der Waals surface area (Å²) >= 11 is 0. The van der Waals surface area contributed by atoms with Crippen molar-refractivity contribution < 1.29 is 19.1 Å². The number of allylic oxidation sites excluding steroid dienone is 4. The van der Waals surface area contributed by atoms with E-state index in [9.17, 15) is 14.4 Å². The maximum absolute atomic E-state index is 13.2. The number of hydrogen-bond donors (Lipinski definition) is 1. The van der Waals surface area contributed by atoms with Gasteiger partial charge < -0.3 is 15.0 Å². The summed E-state index contributed by atoms with van der Waals surface area (Å²) in [5.41, 5.74) is 6.01. The molecule has 35 heavy (non-hydrogen) atoms. The lowest BCUT2D eigenvalue weighted by Crippen LogP contribution is -2.37. The summed E-state index contributed by atoms with van der Waals surface area (Å²) < 4.78 is 6.02. The molecular weight excluding hydrogens is 440 g/mol. The first kappa shape index (κ1) is 23.1. The minimum atomic E-state index is -0.451. The first-order valence-corrected chi connectivity index (χ1v) is 12.3. The SMILES string of the molecule is Cc1cccc(NC(=O)COc2ccccc2C2C3=C(CCCC3=O)N(C)C3=C2C(=O)CCC3)c1. The summed E-state index contributed by atoms with van der Waals surface area (Å²) in [7, 11) is 1.98. The summed E-state index contributed by atoms with van der Waals surface area (Å²) in [6.07, 6.45) is 4.26. The maximum atomic E-state index is 13.2. The van der Waals surface area contributed by atoms with Gasteiger partial charge in [-0.3, -0.25) is 14.4 Å². The minimum absolute atomic E-state index is 0.0972. The second kappa shape index (κ2) is 9.53. The molecule has 0 spiro atoms. The van der Waals surface area contributed by atoms with Crippen LogP contribution in [0.25, 0.3) is 0 Å². The fourth-order valence-corrected chi connectivity index (χ4v) is 5.58. The van der Waals surface area contributed by atoms with Crippen molar-refractivity contribution in [2.75, 3.05) is 19.0 Å². The van der Waals surface area contributed by atoms with Crippen molar-refractivity contribution in [2.45, 2.75) is 51.4 Å². The number of Topliss-reactive ketones (excluding diaryl/α,β-unsaturated/α-hetero) is 2. The van der Waals surface area contributed by atoms with Crippen LogP contribution >= 0.6 is 0 Å². The molecule has 0 fully saturated rings. The Morgan fingerprint density at radius 1 is 0.943 bits per heavy atom. The predicted octanol–water partition coefficient (Wildman–Crippen LogP) is 5.06. The van der Waals surface area contributed by atoms with E-state index in [-0.39, 0.29) is 24.1 Å². The second-order valence-electron chi connectivity index (χ2n) is 9.51. The lowest BCUT2D eigenvalue weighted by molar-refractivity contribution is -0.119. The Morgan fingerprint density at radius 3 is 2.26 bits per heavy atom. The van der Waals surface area contributed by atoms with Gasteiger partial charge in [0.05, 0.1) is 0 Å². The van der Waals surface area contributed by atoms with E-state index in [1.54, 1.807) is 0 Å². The van der Waals surface area contributed by atoms with Gasteiger partial charge in [0.2, 0.25) is 0 Å². The Bertz CT molecular complexity index is 1230. The number of carbonyl (C=O) groups excluding carboxylic acids is 3. The van der Waals surface area contributed by atoms with Crippen molar-refractivity contribution in [3.8, 4) is 5.75 Å². The van der Waals surface area contributed by atoms with Crippen LogP contribution in [0.1, 0.15) is 55.6 Å². The number of nitrogens with zero attached hydrogens (tertiary/aromatic N) is 1. The van der Waals surface area contributed by atoms with E-state index in [2.05, 4.69) is 10.2 Å². The Labute approximate surface area is 205 Å². The number of para-hydroxylation sites is 1. The first-order chi connectivity index (χ1) is 16.9. The van der Waals surface area contributed by atoms with Crippen LogP contribution in [0.15, 0.2) is 71.1 Å². The molecular formula is C29H30N2O4. The number of rotatable bonds is 5. The Morgan fingerprint density at radius 2 is 1.60 bits per heavy atom. The third kappa shape index (κ3) is 4.41. The van der Waals surface area contributed by atoms with E-state index in [0.717, 1.165) is 48.2 Å². The van der Waals surface area contributed by atoms with Crippen LogP contribution in [-0.2, 0) is 14.4 Å². The average molecular weight is 471 g/mol. The largest absolute Gasteiger partial charge is 0.483 e. The molecule has 0 saturated carbocycles. The van der Waals surface area contributed by atoms with Gasteiger partial charge in [0.25, 0.3) is 5.91 Å². The van der Waals surface area contributed by atoms with Crippen LogP contribution in [0.4, 0.5) is 5.69 Å². The predicted molar refractivity (Wildman–Crippen MR) is 134 cm³/mol. The number of carbonyl (C=O) groups is 3. The van der Waals surface area contributed by atoms with Crippen molar-refractivity contribution in [1.29, 1.82) is 0 Å². The van der Waals surface area contributed by atoms with Gasteiger partial charge in [-0.1, -0.05) is 30.3 Å². The molecule has 5 rings (SSSR count). The monoisotopic (exact) mass is 470 g/mol. The number of anilines is 1. The second-order valence-corrected chi connectivity index (χ2v) is 9.51. The minimum Gasteiger partial charge on any atom is -0.483 e. The molecule has 2 aromatic rings. The quantitative estimate of drug-likeness (QED) is 0.661. The van der Waals surface area contributed by atoms with Crippen molar-refractivity contribution in [1.82, 2.24) is 4.90 Å². The van der Waals surface area contributed by atoms with E-state index in [0.29, 0.717) is 35.4 Å². The lowest BCUT2D eigenvalue weighted by atomic mass is 9.71. The highest BCUT2D eigenvalue weighted by Gasteiger charge is 2.43. The van der Waals surface area contributed by atoms with E-state index < -0.39 is 5.92 Å². The number of benzene rings is 2.